The fourth-order valence-corrected chi connectivity index (χ4v) is 2.46. The Morgan fingerprint density at radius 1 is 1.33 bits per heavy atom. The fourth-order valence-electron chi connectivity index (χ4n) is 2.46. The van der Waals surface area contributed by atoms with Gasteiger partial charge in [0.05, 0.1) is 18.1 Å². The third kappa shape index (κ3) is 4.32. The smallest absolute Gasteiger partial charge is 0.311 e. The zero-order chi connectivity index (χ0) is 15.8. The van der Waals surface area contributed by atoms with Crippen LogP contribution in [0.5, 0.6) is 5.75 Å². The Hall–Kier alpha value is -1.82. The summed E-state index contributed by atoms with van der Waals surface area (Å²) in [6, 6.07) is 5.16. The summed E-state index contributed by atoms with van der Waals surface area (Å²) in [6.45, 7) is 6.88. The van der Waals surface area contributed by atoms with Crippen molar-refractivity contribution in [3.63, 3.8) is 0 Å². The lowest BCUT2D eigenvalue weighted by molar-refractivity contribution is -0.385. The predicted molar refractivity (Wildman–Crippen MR) is 83.1 cm³/mol. The van der Waals surface area contributed by atoms with Crippen molar-refractivity contribution in [2.24, 2.45) is 0 Å². The standard InChI is InChI=1S/C15H24N2O4/c1-4-12(5-2)16(9-10-18)13-7-8-14(17(19)20)15(11-13)21-6-3/h7-8,11-12,18H,4-6,9-10H2,1-3H3. The lowest BCUT2D eigenvalue weighted by atomic mass is 10.1. The topological polar surface area (TPSA) is 75.8 Å². The van der Waals surface area contributed by atoms with Crippen LogP contribution in [0.25, 0.3) is 0 Å². The van der Waals surface area contributed by atoms with E-state index in [9.17, 15) is 15.2 Å². The van der Waals surface area contributed by atoms with E-state index in [4.69, 9.17) is 4.74 Å². The molecule has 0 heterocycles. The van der Waals surface area contributed by atoms with E-state index in [1.54, 1.807) is 19.1 Å². The molecule has 1 aromatic carbocycles. The van der Waals surface area contributed by atoms with Gasteiger partial charge in [-0.2, -0.15) is 0 Å². The first kappa shape index (κ1) is 17.2. The van der Waals surface area contributed by atoms with Crippen molar-refractivity contribution >= 4 is 11.4 Å². The highest BCUT2D eigenvalue weighted by Crippen LogP contribution is 2.33. The van der Waals surface area contributed by atoms with Crippen LogP contribution >= 0.6 is 0 Å². The molecule has 1 rings (SSSR count). The van der Waals surface area contributed by atoms with E-state index in [0.29, 0.717) is 13.2 Å². The van der Waals surface area contributed by atoms with E-state index < -0.39 is 4.92 Å². The maximum absolute atomic E-state index is 11.0. The number of nitro benzene ring substituents is 1. The molecule has 118 valence electrons. The number of benzene rings is 1. The summed E-state index contributed by atoms with van der Waals surface area (Å²) in [5.41, 5.74) is 0.806. The van der Waals surface area contributed by atoms with Crippen LogP contribution in [0.4, 0.5) is 11.4 Å². The lowest BCUT2D eigenvalue weighted by Gasteiger charge is -2.32. The molecule has 1 N–H and O–H groups in total. The van der Waals surface area contributed by atoms with Crippen LogP contribution in [0.15, 0.2) is 18.2 Å². The molecule has 0 bridgehead atoms. The molecular formula is C15H24N2O4. The predicted octanol–water partition coefficient (Wildman–Crippen LogP) is 2.98. The molecule has 0 aliphatic heterocycles. The molecule has 0 aliphatic carbocycles. The average molecular weight is 296 g/mol. The maximum Gasteiger partial charge on any atom is 0.311 e. The molecule has 0 aliphatic rings. The Bertz CT molecular complexity index is 461. The molecule has 0 saturated carbocycles. The first-order valence-corrected chi connectivity index (χ1v) is 7.37. The summed E-state index contributed by atoms with van der Waals surface area (Å²) in [6.07, 6.45) is 1.88. The molecule has 21 heavy (non-hydrogen) atoms. The molecule has 0 amide bonds. The SMILES string of the molecule is CCOc1cc(N(CCO)C(CC)CC)ccc1[N+](=O)[O-]. The lowest BCUT2D eigenvalue weighted by Crippen LogP contribution is -2.36. The van der Waals surface area contributed by atoms with Gasteiger partial charge < -0.3 is 14.7 Å². The Morgan fingerprint density at radius 2 is 2.00 bits per heavy atom. The second-order valence-electron chi connectivity index (χ2n) is 4.73. The van der Waals surface area contributed by atoms with Gasteiger partial charge in [-0.25, -0.2) is 0 Å². The minimum atomic E-state index is -0.442. The van der Waals surface area contributed by atoms with Gasteiger partial charge >= 0.3 is 5.69 Å². The van der Waals surface area contributed by atoms with Crippen LogP contribution in [0.3, 0.4) is 0 Å². The van der Waals surface area contributed by atoms with Gasteiger partial charge in [-0.05, 0) is 25.8 Å². The number of aliphatic hydroxyl groups excluding tert-OH is 1. The van der Waals surface area contributed by atoms with Crippen molar-refractivity contribution in [2.75, 3.05) is 24.7 Å². The number of aliphatic hydroxyl groups is 1. The summed E-state index contributed by atoms with van der Waals surface area (Å²) < 4.78 is 5.38. The first-order chi connectivity index (χ1) is 10.1. The van der Waals surface area contributed by atoms with Crippen molar-refractivity contribution in [3.8, 4) is 5.75 Å². The van der Waals surface area contributed by atoms with E-state index in [1.807, 2.05) is 0 Å². The molecule has 0 radical (unpaired) electrons. The van der Waals surface area contributed by atoms with Crippen LogP contribution in [-0.2, 0) is 0 Å². The number of ether oxygens (including phenoxy) is 1. The summed E-state index contributed by atoms with van der Waals surface area (Å²) >= 11 is 0. The molecule has 0 aromatic heterocycles. The Balaban J connectivity index is 3.19. The number of nitro groups is 1. The van der Waals surface area contributed by atoms with E-state index in [-0.39, 0.29) is 24.1 Å². The number of anilines is 1. The minimum absolute atomic E-state index is 0.0332. The molecule has 6 heteroatoms. The van der Waals surface area contributed by atoms with Crippen LogP contribution in [0, 0.1) is 10.1 Å². The van der Waals surface area contributed by atoms with Crippen LogP contribution in [-0.4, -0.2) is 35.8 Å². The summed E-state index contributed by atoms with van der Waals surface area (Å²) in [7, 11) is 0. The van der Waals surface area contributed by atoms with Gasteiger partial charge in [0.1, 0.15) is 0 Å². The van der Waals surface area contributed by atoms with Gasteiger partial charge in [-0.1, -0.05) is 13.8 Å². The zero-order valence-electron chi connectivity index (χ0n) is 12.9. The highest BCUT2D eigenvalue weighted by atomic mass is 16.6. The highest BCUT2D eigenvalue weighted by Gasteiger charge is 2.20. The summed E-state index contributed by atoms with van der Waals surface area (Å²) in [4.78, 5) is 12.7. The summed E-state index contributed by atoms with van der Waals surface area (Å²) in [5, 5.41) is 20.3. The van der Waals surface area contributed by atoms with E-state index in [2.05, 4.69) is 18.7 Å². The van der Waals surface area contributed by atoms with Crippen molar-refractivity contribution in [1.29, 1.82) is 0 Å². The maximum atomic E-state index is 11.0. The molecule has 0 saturated heterocycles. The van der Waals surface area contributed by atoms with E-state index in [1.165, 1.54) is 6.07 Å². The van der Waals surface area contributed by atoms with Gasteiger partial charge in [0.15, 0.2) is 5.75 Å². The molecule has 6 nitrogen and oxygen atoms in total. The second kappa shape index (κ2) is 8.46. The van der Waals surface area contributed by atoms with Crippen LogP contribution in [0.2, 0.25) is 0 Å². The van der Waals surface area contributed by atoms with Gasteiger partial charge in [-0.15, -0.1) is 0 Å². The Labute approximate surface area is 125 Å². The van der Waals surface area contributed by atoms with Gasteiger partial charge in [0, 0.05) is 30.4 Å². The number of nitrogens with zero attached hydrogens (tertiary/aromatic N) is 2. The zero-order valence-corrected chi connectivity index (χ0v) is 12.9. The number of hydrogen-bond acceptors (Lipinski definition) is 5. The molecular weight excluding hydrogens is 272 g/mol. The van der Waals surface area contributed by atoms with E-state index in [0.717, 1.165) is 18.5 Å². The third-order valence-corrected chi connectivity index (χ3v) is 3.50. The summed E-state index contributed by atoms with van der Waals surface area (Å²) in [5.74, 6) is 0.272. The van der Waals surface area contributed by atoms with Crippen LogP contribution in [0.1, 0.15) is 33.6 Å². The Morgan fingerprint density at radius 3 is 2.48 bits per heavy atom. The van der Waals surface area contributed by atoms with Crippen LogP contribution < -0.4 is 9.64 Å². The van der Waals surface area contributed by atoms with Crippen molar-refractivity contribution in [3.05, 3.63) is 28.3 Å². The molecule has 0 spiro atoms. The molecule has 0 unspecified atom stereocenters. The van der Waals surface area contributed by atoms with Gasteiger partial charge in [-0.3, -0.25) is 10.1 Å². The molecule has 0 atom stereocenters. The van der Waals surface area contributed by atoms with Crippen molar-refractivity contribution < 1.29 is 14.8 Å². The van der Waals surface area contributed by atoms with Crippen molar-refractivity contribution in [2.45, 2.75) is 39.7 Å². The van der Waals surface area contributed by atoms with Gasteiger partial charge in [0.2, 0.25) is 0 Å². The normalized spacial score (nSPS) is 10.7. The molecule has 0 fully saturated rings. The monoisotopic (exact) mass is 296 g/mol. The average Bonchev–Trinajstić information content (AvgIpc) is 2.47. The first-order valence-electron chi connectivity index (χ1n) is 7.37. The largest absolute Gasteiger partial charge is 0.487 e. The van der Waals surface area contributed by atoms with Crippen molar-refractivity contribution in [1.82, 2.24) is 0 Å². The van der Waals surface area contributed by atoms with E-state index >= 15 is 0 Å². The molecule has 1 aromatic rings. The Kier molecular flexibility index (Phi) is 6.94. The second-order valence-corrected chi connectivity index (χ2v) is 4.73. The van der Waals surface area contributed by atoms with Gasteiger partial charge in [0.25, 0.3) is 0 Å². The minimum Gasteiger partial charge on any atom is -0.487 e. The fraction of sp³-hybridized carbons (Fsp3) is 0.600. The highest BCUT2D eigenvalue weighted by molar-refractivity contribution is 5.59. The number of rotatable bonds is 9. The third-order valence-electron chi connectivity index (χ3n) is 3.50. The quantitative estimate of drug-likeness (QED) is 0.560. The number of hydrogen-bond donors (Lipinski definition) is 1.